The number of hydrogen-bond acceptors (Lipinski definition) is 7. The Balaban J connectivity index is 1.84. The van der Waals surface area contributed by atoms with E-state index in [2.05, 4.69) is 9.88 Å². The lowest BCUT2D eigenvalue weighted by Crippen LogP contribution is -2.12. The van der Waals surface area contributed by atoms with E-state index >= 15 is 0 Å². The number of carbonyl (C=O) groups excluding carboxylic acids is 1. The number of ether oxygens (including phenoxy) is 1. The summed E-state index contributed by atoms with van der Waals surface area (Å²) in [6.45, 7) is 5.70. The van der Waals surface area contributed by atoms with Crippen molar-refractivity contribution in [3.63, 3.8) is 0 Å². The molecule has 2 heterocycles. The number of rotatable bonds is 6. The van der Waals surface area contributed by atoms with Crippen molar-refractivity contribution in [2.45, 2.75) is 25.0 Å². The minimum atomic E-state index is -3.74. The Morgan fingerprint density at radius 3 is 2.78 bits per heavy atom. The van der Waals surface area contributed by atoms with E-state index in [1.54, 1.807) is 25.1 Å². The molecule has 0 spiro atoms. The fraction of sp³-hybridized carbons (Fsp3) is 0.222. The van der Waals surface area contributed by atoms with Gasteiger partial charge in [-0.2, -0.15) is 0 Å². The van der Waals surface area contributed by atoms with Crippen LogP contribution in [-0.2, 0) is 14.8 Å². The Kier molecular flexibility index (Phi) is 5.33. The zero-order valence-electron chi connectivity index (χ0n) is 15.0. The Hall–Kier alpha value is -2.65. The summed E-state index contributed by atoms with van der Waals surface area (Å²) in [6.07, 6.45) is 0. The van der Waals surface area contributed by atoms with E-state index in [1.165, 1.54) is 12.1 Å². The minimum Gasteiger partial charge on any atom is -0.461 e. The molecule has 3 aromatic rings. The number of anilines is 1. The quantitative estimate of drug-likeness (QED) is 0.621. The Morgan fingerprint density at radius 1 is 1.26 bits per heavy atom. The van der Waals surface area contributed by atoms with Crippen molar-refractivity contribution >= 4 is 33.0 Å². The van der Waals surface area contributed by atoms with E-state index in [0.717, 1.165) is 22.5 Å². The number of benzene rings is 1. The second kappa shape index (κ2) is 7.53. The van der Waals surface area contributed by atoms with Gasteiger partial charge in [0.25, 0.3) is 10.0 Å². The van der Waals surface area contributed by atoms with Crippen LogP contribution in [0.3, 0.4) is 0 Å². The number of nitrogens with zero attached hydrogens (tertiary/aromatic N) is 1. The van der Waals surface area contributed by atoms with Crippen LogP contribution < -0.4 is 4.72 Å². The van der Waals surface area contributed by atoms with E-state index in [0.29, 0.717) is 16.3 Å². The van der Waals surface area contributed by atoms with Crippen LogP contribution in [0.5, 0.6) is 0 Å². The van der Waals surface area contributed by atoms with E-state index in [1.807, 2.05) is 19.9 Å². The molecule has 1 N–H and O–H groups in total. The fourth-order valence-corrected chi connectivity index (χ4v) is 4.72. The van der Waals surface area contributed by atoms with Crippen LogP contribution >= 0.6 is 11.3 Å². The zero-order valence-corrected chi connectivity index (χ0v) is 16.6. The highest BCUT2D eigenvalue weighted by Crippen LogP contribution is 2.32. The van der Waals surface area contributed by atoms with Crippen LogP contribution in [0.25, 0.3) is 10.6 Å². The molecule has 0 fully saturated rings. The molecule has 9 heteroatoms. The van der Waals surface area contributed by atoms with E-state index < -0.39 is 16.0 Å². The van der Waals surface area contributed by atoms with Gasteiger partial charge >= 0.3 is 5.97 Å². The van der Waals surface area contributed by atoms with Gasteiger partial charge in [0.1, 0.15) is 4.21 Å². The molecule has 0 atom stereocenters. The highest BCUT2D eigenvalue weighted by atomic mass is 32.2. The number of hydrogen-bond donors (Lipinski definition) is 1. The number of nitrogens with one attached hydrogen (secondary N) is 1. The number of aryl methyl sites for hydroxylation is 1. The normalized spacial score (nSPS) is 11.4. The van der Waals surface area contributed by atoms with Crippen molar-refractivity contribution < 1.29 is 22.5 Å². The van der Waals surface area contributed by atoms with Crippen LogP contribution in [0.2, 0.25) is 0 Å². The summed E-state index contributed by atoms with van der Waals surface area (Å²) in [6, 6.07) is 9.96. The molecule has 0 aliphatic heterocycles. The van der Waals surface area contributed by atoms with E-state index in [4.69, 9.17) is 9.26 Å². The molecule has 2 aromatic heterocycles. The third-order valence-electron chi connectivity index (χ3n) is 3.93. The van der Waals surface area contributed by atoms with Crippen LogP contribution in [-0.4, -0.2) is 26.2 Å². The summed E-state index contributed by atoms with van der Waals surface area (Å²) in [5, 5.41) is 3.66. The second-order valence-electron chi connectivity index (χ2n) is 5.77. The number of aromatic nitrogens is 1. The zero-order chi connectivity index (χ0) is 19.6. The largest absolute Gasteiger partial charge is 0.461 e. The molecule has 3 rings (SSSR count). The van der Waals surface area contributed by atoms with Gasteiger partial charge in [-0.3, -0.25) is 4.72 Å². The maximum atomic E-state index is 12.7. The van der Waals surface area contributed by atoms with Gasteiger partial charge in [-0.05, 0) is 50.1 Å². The monoisotopic (exact) mass is 406 g/mol. The third-order valence-corrected chi connectivity index (χ3v) is 6.89. The first kappa shape index (κ1) is 19.1. The molecule has 142 valence electrons. The average molecular weight is 406 g/mol. The predicted octanol–water partition coefficient (Wildman–Crippen LogP) is 4.00. The number of esters is 1. The Morgan fingerprint density at radius 2 is 2.04 bits per heavy atom. The van der Waals surface area contributed by atoms with Crippen molar-refractivity contribution in [3.8, 4) is 10.6 Å². The van der Waals surface area contributed by atoms with Crippen molar-refractivity contribution in [3.05, 3.63) is 53.2 Å². The van der Waals surface area contributed by atoms with Gasteiger partial charge in [0, 0.05) is 6.07 Å². The first-order valence-electron chi connectivity index (χ1n) is 8.15. The summed E-state index contributed by atoms with van der Waals surface area (Å²) >= 11 is 1.02. The fourth-order valence-electron chi connectivity index (χ4n) is 2.35. The molecule has 27 heavy (non-hydrogen) atoms. The lowest BCUT2D eigenvalue weighted by atomic mass is 10.1. The smallest absolute Gasteiger partial charge is 0.360 e. The van der Waals surface area contributed by atoms with Crippen LogP contribution in [0.4, 0.5) is 5.69 Å². The molecule has 0 saturated carbocycles. The standard InChI is InChI=1S/C18H18N2O5S2/c1-4-24-18(21)14-10-15(25-19-14)16-8-9-17(26-16)27(22,23)20-13-7-5-6-11(2)12(13)3/h5-10,20H,4H2,1-3H3. The second-order valence-corrected chi connectivity index (χ2v) is 8.76. The molecule has 0 saturated heterocycles. The maximum absolute atomic E-state index is 12.7. The van der Waals surface area contributed by atoms with Crippen molar-refractivity contribution in [1.29, 1.82) is 0 Å². The first-order chi connectivity index (χ1) is 12.8. The van der Waals surface area contributed by atoms with Crippen LogP contribution in [0.1, 0.15) is 28.5 Å². The third kappa shape index (κ3) is 4.04. The highest BCUT2D eigenvalue weighted by Gasteiger charge is 2.21. The Bertz CT molecular complexity index is 1080. The Labute approximate surface area is 161 Å². The molecular formula is C18H18N2O5S2. The molecule has 0 aliphatic rings. The van der Waals surface area contributed by atoms with Gasteiger partial charge in [-0.1, -0.05) is 17.3 Å². The molecule has 0 radical (unpaired) electrons. The van der Waals surface area contributed by atoms with Crippen molar-refractivity contribution in [1.82, 2.24) is 5.16 Å². The summed E-state index contributed by atoms with van der Waals surface area (Å²) in [5.41, 5.74) is 2.44. The highest BCUT2D eigenvalue weighted by molar-refractivity contribution is 7.94. The number of carbonyl (C=O) groups is 1. The topological polar surface area (TPSA) is 98.5 Å². The van der Waals surface area contributed by atoms with E-state index in [-0.39, 0.29) is 16.5 Å². The summed E-state index contributed by atoms with van der Waals surface area (Å²) in [7, 11) is -3.74. The summed E-state index contributed by atoms with van der Waals surface area (Å²) in [5.74, 6) is -0.287. The molecule has 1 aromatic carbocycles. The lowest BCUT2D eigenvalue weighted by Gasteiger charge is -2.10. The SMILES string of the molecule is CCOC(=O)c1cc(-c2ccc(S(=O)(=O)Nc3cccc(C)c3C)s2)on1. The maximum Gasteiger partial charge on any atom is 0.360 e. The predicted molar refractivity (Wildman–Crippen MR) is 102 cm³/mol. The van der Waals surface area contributed by atoms with Gasteiger partial charge in [-0.15, -0.1) is 11.3 Å². The van der Waals surface area contributed by atoms with Gasteiger partial charge in [0.15, 0.2) is 11.5 Å². The van der Waals surface area contributed by atoms with Gasteiger partial charge in [0.2, 0.25) is 0 Å². The summed E-state index contributed by atoms with van der Waals surface area (Å²) in [4.78, 5) is 12.2. The molecule has 0 bridgehead atoms. The lowest BCUT2D eigenvalue weighted by molar-refractivity contribution is 0.0514. The van der Waals surface area contributed by atoms with Gasteiger partial charge < -0.3 is 9.26 Å². The molecule has 0 unspecified atom stereocenters. The minimum absolute atomic E-state index is 0.0400. The van der Waals surface area contributed by atoms with Crippen molar-refractivity contribution in [2.24, 2.45) is 0 Å². The number of sulfonamides is 1. The van der Waals surface area contributed by atoms with Gasteiger partial charge in [-0.25, -0.2) is 13.2 Å². The molecule has 0 aliphatic carbocycles. The molecular weight excluding hydrogens is 388 g/mol. The van der Waals surface area contributed by atoms with E-state index in [9.17, 15) is 13.2 Å². The van der Waals surface area contributed by atoms with Crippen LogP contribution in [0, 0.1) is 13.8 Å². The first-order valence-corrected chi connectivity index (χ1v) is 10.4. The summed E-state index contributed by atoms with van der Waals surface area (Å²) < 4.78 is 38.1. The van der Waals surface area contributed by atoms with Crippen molar-refractivity contribution in [2.75, 3.05) is 11.3 Å². The number of thiophene rings is 1. The molecule has 7 nitrogen and oxygen atoms in total. The van der Waals surface area contributed by atoms with Crippen LogP contribution in [0.15, 0.2) is 45.1 Å². The molecule has 0 amide bonds. The van der Waals surface area contributed by atoms with Gasteiger partial charge in [0.05, 0.1) is 17.2 Å². The average Bonchev–Trinajstić information content (AvgIpc) is 3.28.